The highest BCUT2D eigenvalue weighted by atomic mass is 15.2. The van der Waals surface area contributed by atoms with E-state index >= 15 is 0 Å². The molecule has 0 atom stereocenters. The Kier molecular flexibility index (Phi) is 4.90. The zero-order valence-corrected chi connectivity index (χ0v) is 10.1. The van der Waals surface area contributed by atoms with Crippen LogP contribution in [-0.4, -0.2) is 37.6 Å². The molecule has 2 aliphatic rings. The highest BCUT2D eigenvalue weighted by Crippen LogP contribution is 2.38. The van der Waals surface area contributed by atoms with E-state index in [1.165, 1.54) is 52.0 Å². The molecule has 14 heavy (non-hydrogen) atoms. The lowest BCUT2D eigenvalue weighted by molar-refractivity contribution is 0.199. The second kappa shape index (κ2) is 5.72. The van der Waals surface area contributed by atoms with Gasteiger partial charge in [0.25, 0.3) is 0 Å². The van der Waals surface area contributed by atoms with E-state index in [0.29, 0.717) is 5.41 Å². The molecule has 1 N–H and O–H groups in total. The first-order chi connectivity index (χ1) is 6.85. The maximum Gasteiger partial charge on any atom is 0.00393 e. The van der Waals surface area contributed by atoms with E-state index < -0.39 is 0 Å². The first kappa shape index (κ1) is 12.0. The van der Waals surface area contributed by atoms with Gasteiger partial charge in [0.1, 0.15) is 0 Å². The van der Waals surface area contributed by atoms with Gasteiger partial charge >= 0.3 is 0 Å². The lowest BCUT2D eigenvalue weighted by Gasteiger charge is -2.33. The van der Waals surface area contributed by atoms with E-state index in [9.17, 15) is 0 Å². The molecule has 2 fully saturated rings. The van der Waals surface area contributed by atoms with Crippen LogP contribution in [0.5, 0.6) is 0 Å². The van der Waals surface area contributed by atoms with Gasteiger partial charge in [0.05, 0.1) is 0 Å². The molecule has 0 radical (unpaired) electrons. The summed E-state index contributed by atoms with van der Waals surface area (Å²) in [5.41, 5.74) is 0.710. The molecule has 0 unspecified atom stereocenters. The summed E-state index contributed by atoms with van der Waals surface area (Å²) >= 11 is 0. The van der Waals surface area contributed by atoms with E-state index in [4.69, 9.17) is 0 Å². The maximum absolute atomic E-state index is 3.45. The third-order valence-corrected chi connectivity index (χ3v) is 3.63. The van der Waals surface area contributed by atoms with Crippen molar-refractivity contribution in [1.29, 1.82) is 0 Å². The minimum Gasteiger partial charge on any atom is -0.317 e. The van der Waals surface area contributed by atoms with Crippen LogP contribution in [-0.2, 0) is 0 Å². The first-order valence-electron chi connectivity index (χ1n) is 6.28. The van der Waals surface area contributed by atoms with Crippen molar-refractivity contribution in [2.24, 2.45) is 5.41 Å². The van der Waals surface area contributed by atoms with Crippen LogP contribution < -0.4 is 5.32 Å². The number of rotatable bonds is 1. The summed E-state index contributed by atoms with van der Waals surface area (Å²) in [6.07, 6.45) is 4.26. The van der Waals surface area contributed by atoms with Gasteiger partial charge in [-0.25, -0.2) is 0 Å². The Balaban J connectivity index is 0.000000461. The van der Waals surface area contributed by atoms with E-state index in [-0.39, 0.29) is 0 Å². The van der Waals surface area contributed by atoms with Crippen LogP contribution >= 0.6 is 0 Å². The molecule has 2 rings (SSSR count). The molecule has 0 aromatic heterocycles. The fraction of sp³-hybridized carbons (Fsp3) is 1.00. The highest BCUT2D eigenvalue weighted by molar-refractivity contribution is 4.92. The summed E-state index contributed by atoms with van der Waals surface area (Å²) in [6.45, 7) is 12.7. The molecule has 2 nitrogen and oxygen atoms in total. The molecule has 84 valence electrons. The molecule has 0 amide bonds. The molecule has 0 bridgehead atoms. The van der Waals surface area contributed by atoms with Crippen LogP contribution in [0.15, 0.2) is 0 Å². The number of piperidine rings is 1. The van der Waals surface area contributed by atoms with Crippen LogP contribution in [0.25, 0.3) is 0 Å². The summed E-state index contributed by atoms with van der Waals surface area (Å²) in [5, 5.41) is 3.45. The number of nitrogens with zero attached hydrogens (tertiary/aromatic N) is 1. The SMILES string of the molecule is CC.CCN1CCC2(CCNCC2)C1. The third-order valence-electron chi connectivity index (χ3n) is 3.63. The van der Waals surface area contributed by atoms with Crippen LogP contribution in [0, 0.1) is 5.41 Å². The molecule has 1 spiro atoms. The van der Waals surface area contributed by atoms with Gasteiger partial charge in [-0.1, -0.05) is 20.8 Å². The van der Waals surface area contributed by atoms with Gasteiger partial charge in [-0.3, -0.25) is 0 Å². The number of hydrogen-bond acceptors (Lipinski definition) is 2. The largest absolute Gasteiger partial charge is 0.317 e. The van der Waals surface area contributed by atoms with Crippen molar-refractivity contribution < 1.29 is 0 Å². The Morgan fingerprint density at radius 1 is 1.14 bits per heavy atom. The normalized spacial score (nSPS) is 25.9. The van der Waals surface area contributed by atoms with Crippen molar-refractivity contribution in [3.63, 3.8) is 0 Å². The number of hydrogen-bond donors (Lipinski definition) is 1. The lowest BCUT2D eigenvalue weighted by Crippen LogP contribution is -2.38. The molecule has 0 saturated carbocycles. The summed E-state index contributed by atoms with van der Waals surface area (Å²) in [7, 11) is 0. The van der Waals surface area contributed by atoms with Gasteiger partial charge in [-0.05, 0) is 50.9 Å². The Morgan fingerprint density at radius 3 is 2.29 bits per heavy atom. The Morgan fingerprint density at radius 2 is 1.79 bits per heavy atom. The van der Waals surface area contributed by atoms with Crippen LogP contribution in [0.4, 0.5) is 0 Å². The fourth-order valence-electron chi connectivity index (χ4n) is 2.66. The van der Waals surface area contributed by atoms with Crippen molar-refractivity contribution in [3.8, 4) is 0 Å². The Bertz CT molecular complexity index is 150. The summed E-state index contributed by atoms with van der Waals surface area (Å²) in [5.74, 6) is 0. The van der Waals surface area contributed by atoms with E-state index in [1.807, 2.05) is 13.8 Å². The van der Waals surface area contributed by atoms with Gasteiger partial charge in [0.15, 0.2) is 0 Å². The first-order valence-corrected chi connectivity index (χ1v) is 6.28. The molecule has 0 aliphatic carbocycles. The predicted molar refractivity (Wildman–Crippen MR) is 62.6 cm³/mol. The zero-order chi connectivity index (χ0) is 10.4. The third kappa shape index (κ3) is 2.71. The van der Waals surface area contributed by atoms with Gasteiger partial charge in [-0.2, -0.15) is 0 Å². The summed E-state index contributed by atoms with van der Waals surface area (Å²) in [4.78, 5) is 2.60. The Labute approximate surface area is 89.1 Å². The fourth-order valence-corrected chi connectivity index (χ4v) is 2.66. The van der Waals surface area contributed by atoms with Crippen LogP contribution in [0.3, 0.4) is 0 Å². The number of nitrogens with one attached hydrogen (secondary N) is 1. The monoisotopic (exact) mass is 198 g/mol. The molecular weight excluding hydrogens is 172 g/mol. The minimum atomic E-state index is 0.710. The lowest BCUT2D eigenvalue weighted by atomic mass is 9.78. The summed E-state index contributed by atoms with van der Waals surface area (Å²) in [6, 6.07) is 0. The van der Waals surface area contributed by atoms with Gasteiger partial charge in [0, 0.05) is 6.54 Å². The molecule has 0 aromatic rings. The number of likely N-dealkylation sites (tertiary alicyclic amines) is 1. The minimum absolute atomic E-state index is 0.710. The average Bonchev–Trinajstić information content (AvgIpc) is 2.66. The highest BCUT2D eigenvalue weighted by Gasteiger charge is 2.37. The van der Waals surface area contributed by atoms with Gasteiger partial charge < -0.3 is 10.2 Å². The molecule has 2 heterocycles. The average molecular weight is 198 g/mol. The second-order valence-electron chi connectivity index (χ2n) is 4.37. The second-order valence-corrected chi connectivity index (χ2v) is 4.37. The van der Waals surface area contributed by atoms with Crippen LogP contribution in [0.1, 0.15) is 40.0 Å². The summed E-state index contributed by atoms with van der Waals surface area (Å²) < 4.78 is 0. The van der Waals surface area contributed by atoms with Crippen molar-refractivity contribution in [3.05, 3.63) is 0 Å². The standard InChI is InChI=1S/C10H20N2.C2H6/c1-2-12-8-5-10(9-12)3-6-11-7-4-10;1-2/h11H,2-9H2,1H3;1-2H3. The van der Waals surface area contributed by atoms with Gasteiger partial charge in [0.2, 0.25) is 0 Å². The van der Waals surface area contributed by atoms with Crippen molar-refractivity contribution in [2.45, 2.75) is 40.0 Å². The molecule has 2 saturated heterocycles. The molecule has 2 aliphatic heterocycles. The van der Waals surface area contributed by atoms with Crippen molar-refractivity contribution >= 4 is 0 Å². The van der Waals surface area contributed by atoms with E-state index in [1.54, 1.807) is 0 Å². The van der Waals surface area contributed by atoms with Crippen molar-refractivity contribution in [2.75, 3.05) is 32.7 Å². The quantitative estimate of drug-likeness (QED) is 0.694. The zero-order valence-electron chi connectivity index (χ0n) is 10.1. The van der Waals surface area contributed by atoms with Gasteiger partial charge in [-0.15, -0.1) is 0 Å². The Hall–Kier alpha value is -0.0800. The van der Waals surface area contributed by atoms with E-state index in [2.05, 4.69) is 17.1 Å². The smallest absolute Gasteiger partial charge is 0.00393 e. The van der Waals surface area contributed by atoms with E-state index in [0.717, 1.165) is 0 Å². The van der Waals surface area contributed by atoms with Crippen LogP contribution in [0.2, 0.25) is 0 Å². The molecular formula is C12H26N2. The molecule has 2 heteroatoms. The maximum atomic E-state index is 3.45. The van der Waals surface area contributed by atoms with Crippen molar-refractivity contribution in [1.82, 2.24) is 10.2 Å². The topological polar surface area (TPSA) is 15.3 Å². The molecule has 0 aromatic carbocycles. The predicted octanol–water partition coefficient (Wildman–Crippen LogP) is 2.11.